The van der Waals surface area contributed by atoms with Gasteiger partial charge in [0, 0.05) is 31.7 Å². The Kier molecular flexibility index (Phi) is 7.10. The molecule has 0 radical (unpaired) electrons. The Bertz CT molecular complexity index is 865. The zero-order valence-electron chi connectivity index (χ0n) is 16.4. The fourth-order valence-electron chi connectivity index (χ4n) is 3.44. The molecule has 30 heavy (non-hydrogen) atoms. The van der Waals surface area contributed by atoms with E-state index < -0.39 is 23.7 Å². The number of likely N-dealkylation sites (tertiary alicyclic amines) is 1. The largest absolute Gasteiger partial charge is 0.416 e. The summed E-state index contributed by atoms with van der Waals surface area (Å²) in [7, 11) is 0. The number of carbonyl (C=O) groups is 2. The van der Waals surface area contributed by atoms with E-state index in [1.54, 1.807) is 24.3 Å². The topological polar surface area (TPSA) is 61.4 Å². The Morgan fingerprint density at radius 3 is 2.37 bits per heavy atom. The number of rotatable bonds is 7. The zero-order chi connectivity index (χ0) is 21.6. The lowest BCUT2D eigenvalue weighted by atomic mass is 10.1. The third kappa shape index (κ3) is 5.82. The Labute approximate surface area is 173 Å². The van der Waals surface area contributed by atoms with Crippen molar-refractivity contribution in [2.45, 2.75) is 31.5 Å². The van der Waals surface area contributed by atoms with Gasteiger partial charge in [-0.1, -0.05) is 36.4 Å². The van der Waals surface area contributed by atoms with Crippen LogP contribution in [0.15, 0.2) is 54.6 Å². The van der Waals surface area contributed by atoms with E-state index in [9.17, 15) is 22.8 Å². The molecule has 1 aliphatic rings. The molecule has 1 fully saturated rings. The third-order valence-corrected chi connectivity index (χ3v) is 5.00. The highest BCUT2D eigenvalue weighted by atomic mass is 19.4. The number of nitrogens with zero attached hydrogens (tertiary/aromatic N) is 1. The molecule has 1 atom stereocenters. The second-order valence-electron chi connectivity index (χ2n) is 7.20. The monoisotopic (exact) mass is 419 g/mol. The van der Waals surface area contributed by atoms with Crippen LogP contribution in [0.3, 0.4) is 0 Å². The zero-order valence-corrected chi connectivity index (χ0v) is 16.4. The minimum atomic E-state index is -4.49. The molecule has 1 aliphatic heterocycles. The van der Waals surface area contributed by atoms with Crippen LogP contribution in [0.25, 0.3) is 0 Å². The average molecular weight is 419 g/mol. The smallest absolute Gasteiger partial charge is 0.343 e. The van der Waals surface area contributed by atoms with E-state index in [4.69, 9.17) is 0 Å². The lowest BCUT2D eigenvalue weighted by molar-refractivity contribution is -0.137. The van der Waals surface area contributed by atoms with Crippen LogP contribution in [0.1, 0.15) is 36.4 Å². The highest BCUT2D eigenvalue weighted by Gasteiger charge is 2.31. The van der Waals surface area contributed by atoms with E-state index in [1.165, 1.54) is 12.1 Å². The van der Waals surface area contributed by atoms with Gasteiger partial charge in [0.15, 0.2) is 0 Å². The van der Waals surface area contributed by atoms with Crippen molar-refractivity contribution in [3.05, 3.63) is 65.7 Å². The summed E-state index contributed by atoms with van der Waals surface area (Å²) >= 11 is 0. The number of anilines is 1. The van der Waals surface area contributed by atoms with Crippen LogP contribution in [0, 0.1) is 0 Å². The van der Waals surface area contributed by atoms with Gasteiger partial charge in [-0.15, -0.1) is 0 Å². The molecule has 2 aromatic carbocycles. The molecule has 1 heterocycles. The number of benzene rings is 2. The number of amides is 2. The van der Waals surface area contributed by atoms with Crippen molar-refractivity contribution in [1.29, 1.82) is 0 Å². The number of nitrogens with one attached hydrogen (secondary N) is 2. The standard InChI is InChI=1S/C22H24F3N3O2/c23-22(24,25)17-9-6-10-18(15-17)27-21(30)20(16-7-2-1-3-8-16)26-12-11-19(29)28-13-4-5-14-28/h1-3,6-10,15,20,26H,4-5,11-14H2,(H,27,30)/t20-/m0/s1. The number of carbonyl (C=O) groups excluding carboxylic acids is 2. The highest BCUT2D eigenvalue weighted by molar-refractivity contribution is 5.95. The first-order chi connectivity index (χ1) is 14.3. The number of halogens is 3. The van der Waals surface area contributed by atoms with Gasteiger partial charge in [-0.2, -0.15) is 13.2 Å². The minimum absolute atomic E-state index is 0.0325. The first-order valence-electron chi connectivity index (χ1n) is 9.89. The Balaban J connectivity index is 1.67. The van der Waals surface area contributed by atoms with Crippen LogP contribution in [-0.4, -0.2) is 36.3 Å². The van der Waals surface area contributed by atoms with E-state index >= 15 is 0 Å². The van der Waals surface area contributed by atoms with Crippen molar-refractivity contribution < 1.29 is 22.8 Å². The summed E-state index contributed by atoms with van der Waals surface area (Å²) in [5.74, 6) is -0.459. The summed E-state index contributed by atoms with van der Waals surface area (Å²) < 4.78 is 38.8. The summed E-state index contributed by atoms with van der Waals surface area (Å²) in [6.07, 6.45) is -2.23. The summed E-state index contributed by atoms with van der Waals surface area (Å²) in [4.78, 5) is 26.9. The van der Waals surface area contributed by atoms with Crippen LogP contribution in [-0.2, 0) is 15.8 Å². The summed E-state index contributed by atoms with van der Waals surface area (Å²) in [5.41, 5.74) is -0.109. The molecule has 3 rings (SSSR count). The molecular formula is C22H24F3N3O2. The normalized spacial score (nSPS) is 15.1. The quantitative estimate of drug-likeness (QED) is 0.714. The van der Waals surface area contributed by atoms with Gasteiger partial charge < -0.3 is 15.5 Å². The molecule has 1 saturated heterocycles. The van der Waals surface area contributed by atoms with E-state index in [0.29, 0.717) is 5.56 Å². The van der Waals surface area contributed by atoms with Crippen molar-refractivity contribution >= 4 is 17.5 Å². The van der Waals surface area contributed by atoms with E-state index in [0.717, 1.165) is 38.1 Å². The third-order valence-electron chi connectivity index (χ3n) is 5.00. The maximum Gasteiger partial charge on any atom is 0.416 e. The Morgan fingerprint density at radius 1 is 1.00 bits per heavy atom. The molecule has 5 nitrogen and oxygen atoms in total. The van der Waals surface area contributed by atoms with Gasteiger partial charge in [0.25, 0.3) is 0 Å². The van der Waals surface area contributed by atoms with Gasteiger partial charge in [-0.05, 0) is 36.6 Å². The first kappa shape index (κ1) is 21.8. The second kappa shape index (κ2) is 9.75. The number of hydrogen-bond donors (Lipinski definition) is 2. The van der Waals surface area contributed by atoms with E-state index in [1.807, 2.05) is 11.0 Å². The molecule has 2 aromatic rings. The maximum absolute atomic E-state index is 12.9. The van der Waals surface area contributed by atoms with Gasteiger partial charge in [-0.3, -0.25) is 9.59 Å². The fourth-order valence-corrected chi connectivity index (χ4v) is 3.44. The first-order valence-corrected chi connectivity index (χ1v) is 9.89. The van der Waals surface area contributed by atoms with Crippen LogP contribution >= 0.6 is 0 Å². The van der Waals surface area contributed by atoms with Gasteiger partial charge in [0.2, 0.25) is 11.8 Å². The van der Waals surface area contributed by atoms with E-state index in [-0.39, 0.29) is 24.6 Å². The van der Waals surface area contributed by atoms with Crippen LogP contribution in [0.2, 0.25) is 0 Å². The van der Waals surface area contributed by atoms with Gasteiger partial charge in [0.1, 0.15) is 6.04 Å². The minimum Gasteiger partial charge on any atom is -0.343 e. The van der Waals surface area contributed by atoms with Crippen LogP contribution < -0.4 is 10.6 Å². The summed E-state index contributed by atoms with van der Waals surface area (Å²) in [5, 5.41) is 5.62. The number of alkyl halides is 3. The molecule has 0 saturated carbocycles. The molecule has 0 unspecified atom stereocenters. The lowest BCUT2D eigenvalue weighted by Gasteiger charge is -2.20. The van der Waals surface area contributed by atoms with Crippen molar-refractivity contribution in [1.82, 2.24) is 10.2 Å². The molecule has 0 bridgehead atoms. The van der Waals surface area contributed by atoms with Crippen LogP contribution in [0.5, 0.6) is 0 Å². The molecule has 2 N–H and O–H groups in total. The molecule has 160 valence electrons. The van der Waals surface area contributed by atoms with E-state index in [2.05, 4.69) is 10.6 Å². The van der Waals surface area contributed by atoms with Gasteiger partial charge >= 0.3 is 6.18 Å². The molecule has 0 spiro atoms. The fraction of sp³-hybridized carbons (Fsp3) is 0.364. The highest BCUT2D eigenvalue weighted by Crippen LogP contribution is 2.31. The van der Waals surface area contributed by atoms with Crippen LogP contribution in [0.4, 0.5) is 18.9 Å². The summed E-state index contributed by atoms with van der Waals surface area (Å²) in [6.45, 7) is 1.80. The van der Waals surface area contributed by atoms with Crippen molar-refractivity contribution in [3.63, 3.8) is 0 Å². The van der Waals surface area contributed by atoms with Gasteiger partial charge in [0.05, 0.1) is 5.56 Å². The molecule has 2 amide bonds. The number of hydrogen-bond acceptors (Lipinski definition) is 3. The lowest BCUT2D eigenvalue weighted by Crippen LogP contribution is -2.36. The van der Waals surface area contributed by atoms with Crippen molar-refractivity contribution in [3.8, 4) is 0 Å². The average Bonchev–Trinajstić information content (AvgIpc) is 3.26. The Morgan fingerprint density at radius 2 is 1.70 bits per heavy atom. The van der Waals surface area contributed by atoms with Crippen molar-refractivity contribution in [2.24, 2.45) is 0 Å². The maximum atomic E-state index is 12.9. The predicted octanol–water partition coefficient (Wildman–Crippen LogP) is 3.99. The SMILES string of the molecule is O=C(Nc1cccc(C(F)(F)F)c1)[C@@H](NCCC(=O)N1CCCC1)c1ccccc1. The predicted molar refractivity (Wildman–Crippen MR) is 108 cm³/mol. The molecule has 0 aliphatic carbocycles. The Hall–Kier alpha value is -2.87. The summed E-state index contributed by atoms with van der Waals surface area (Å²) in [6, 6.07) is 12.6. The van der Waals surface area contributed by atoms with Gasteiger partial charge in [-0.25, -0.2) is 0 Å². The molecule has 8 heteroatoms. The molecular weight excluding hydrogens is 395 g/mol. The van der Waals surface area contributed by atoms with Crippen molar-refractivity contribution in [2.75, 3.05) is 25.0 Å². The second-order valence-corrected chi connectivity index (χ2v) is 7.20. The molecule has 0 aromatic heterocycles.